The fourth-order valence-corrected chi connectivity index (χ4v) is 1.80. The summed E-state index contributed by atoms with van der Waals surface area (Å²) in [5.74, 6) is 0. The van der Waals surface area contributed by atoms with Crippen molar-refractivity contribution in [3.63, 3.8) is 0 Å². The first-order valence-corrected chi connectivity index (χ1v) is 7.04. The molecule has 0 spiro atoms. The quantitative estimate of drug-likeness (QED) is 0.245. The van der Waals surface area contributed by atoms with Crippen molar-refractivity contribution < 1.29 is 10.2 Å². The summed E-state index contributed by atoms with van der Waals surface area (Å²) in [7, 11) is 0. The molecule has 0 unspecified atom stereocenters. The van der Waals surface area contributed by atoms with Gasteiger partial charge in [-0.3, -0.25) is 0 Å². The Hall–Kier alpha value is -1.04. The van der Waals surface area contributed by atoms with Crippen LogP contribution in [0.3, 0.4) is 0 Å². The molecule has 6 heteroatoms. The molecule has 0 amide bonds. The predicted molar refractivity (Wildman–Crippen MR) is 71.3 cm³/mol. The van der Waals surface area contributed by atoms with E-state index >= 15 is 0 Å². The maximum Gasteiger partial charge on any atom is 0.230 e. The highest BCUT2D eigenvalue weighted by Gasteiger charge is 2.10. The Morgan fingerprint density at radius 1 is 1.06 bits per heavy atom. The molecular weight excluding hydrogens is 232 g/mol. The van der Waals surface area contributed by atoms with Crippen LogP contribution in [0.2, 0.25) is 0 Å². The molecule has 0 atom stereocenters. The Balaban J connectivity index is 3.49. The lowest BCUT2D eigenvalue weighted by Crippen LogP contribution is -2.32. The summed E-state index contributed by atoms with van der Waals surface area (Å²) in [5, 5.41) is 27.1. The van der Waals surface area contributed by atoms with Gasteiger partial charge in [0.1, 0.15) is 0 Å². The summed E-state index contributed by atoms with van der Waals surface area (Å²) in [4.78, 5) is 0.284. The van der Waals surface area contributed by atoms with Crippen molar-refractivity contribution in [3.05, 3.63) is 5.21 Å². The van der Waals surface area contributed by atoms with Crippen LogP contribution in [0.25, 0.3) is 0 Å². The lowest BCUT2D eigenvalue weighted by molar-refractivity contribution is -0.709. The van der Waals surface area contributed by atoms with Gasteiger partial charge >= 0.3 is 0 Å². The molecule has 0 aliphatic rings. The van der Waals surface area contributed by atoms with Crippen LogP contribution in [0.4, 0.5) is 0 Å². The third-order valence-electron chi connectivity index (χ3n) is 2.75. The fraction of sp³-hybridized carbons (Fsp3) is 1.00. The number of rotatable bonds is 12. The molecule has 2 N–H and O–H groups in total. The minimum Gasteiger partial charge on any atom is -0.569 e. The molecule has 0 fully saturated rings. The van der Waals surface area contributed by atoms with Crippen molar-refractivity contribution in [3.8, 4) is 0 Å². The minimum atomic E-state index is 0.284. The second-order valence-corrected chi connectivity index (χ2v) is 4.46. The number of nitrogens with zero attached hydrogens (tertiary/aromatic N) is 3. The van der Waals surface area contributed by atoms with Gasteiger partial charge in [-0.05, 0) is 38.8 Å². The van der Waals surface area contributed by atoms with Crippen LogP contribution >= 0.6 is 0 Å². The molecule has 0 aromatic heterocycles. The van der Waals surface area contributed by atoms with Crippen LogP contribution in [0.15, 0.2) is 5.28 Å². The van der Waals surface area contributed by atoms with E-state index in [1.807, 2.05) is 6.92 Å². The fourth-order valence-electron chi connectivity index (χ4n) is 1.80. The van der Waals surface area contributed by atoms with Gasteiger partial charge in [-0.2, -0.15) is 0 Å². The molecule has 0 aliphatic heterocycles. The van der Waals surface area contributed by atoms with Crippen LogP contribution < -0.4 is 5.32 Å². The Kier molecular flexibility index (Phi) is 11.7. The molecular formula is C12H28N4O2. The smallest absolute Gasteiger partial charge is 0.230 e. The normalized spacial score (nSPS) is 11.8. The van der Waals surface area contributed by atoms with Crippen LogP contribution in [-0.4, -0.2) is 41.4 Å². The van der Waals surface area contributed by atoms with Crippen molar-refractivity contribution in [1.82, 2.24) is 10.3 Å². The topological polar surface area (TPSA) is 73.9 Å². The van der Waals surface area contributed by atoms with E-state index in [2.05, 4.69) is 17.5 Å². The van der Waals surface area contributed by atoms with Crippen LogP contribution in [0.1, 0.15) is 52.4 Å². The summed E-state index contributed by atoms with van der Waals surface area (Å²) in [6.45, 7) is 7.61. The van der Waals surface area contributed by atoms with Gasteiger partial charge in [0.25, 0.3) is 0 Å². The first kappa shape index (κ1) is 17.0. The minimum absolute atomic E-state index is 0.284. The number of hydrogen-bond acceptors (Lipinski definition) is 3. The molecule has 0 aromatic rings. The Labute approximate surface area is 110 Å². The number of hydrogen-bond donors (Lipinski definition) is 2. The maximum absolute atomic E-state index is 11.2. The SMILES string of the molecule is CCCNCCCCCCN(CCC)/[N+]([O-])=N/O. The predicted octanol–water partition coefficient (Wildman–Crippen LogP) is 2.53. The number of nitrogens with one attached hydrogen (secondary N) is 1. The van der Waals surface area contributed by atoms with E-state index in [0.717, 1.165) is 32.4 Å². The highest BCUT2D eigenvalue weighted by Crippen LogP contribution is 2.03. The third kappa shape index (κ3) is 9.04. The van der Waals surface area contributed by atoms with Crippen molar-refractivity contribution in [2.24, 2.45) is 5.28 Å². The molecule has 0 saturated heterocycles. The van der Waals surface area contributed by atoms with Crippen LogP contribution in [-0.2, 0) is 0 Å². The molecule has 6 nitrogen and oxygen atoms in total. The van der Waals surface area contributed by atoms with Gasteiger partial charge < -0.3 is 15.7 Å². The van der Waals surface area contributed by atoms with E-state index in [0.29, 0.717) is 13.1 Å². The first-order chi connectivity index (χ1) is 8.76. The highest BCUT2D eigenvalue weighted by atomic mass is 16.6. The molecule has 0 aromatic carbocycles. The van der Waals surface area contributed by atoms with Gasteiger partial charge in [-0.25, -0.2) is 0 Å². The van der Waals surface area contributed by atoms with Crippen LogP contribution in [0, 0.1) is 5.21 Å². The number of hydrazine groups is 1. The number of unbranched alkanes of at least 4 members (excludes halogenated alkanes) is 3. The van der Waals surface area contributed by atoms with E-state index in [4.69, 9.17) is 5.21 Å². The average Bonchev–Trinajstić information content (AvgIpc) is 2.39. The van der Waals surface area contributed by atoms with Gasteiger partial charge in [0.05, 0.1) is 18.1 Å². The maximum atomic E-state index is 11.2. The molecule has 0 aliphatic carbocycles. The van der Waals surface area contributed by atoms with Gasteiger partial charge in [0.15, 0.2) is 0 Å². The second-order valence-electron chi connectivity index (χ2n) is 4.46. The Morgan fingerprint density at radius 3 is 2.39 bits per heavy atom. The summed E-state index contributed by atoms with van der Waals surface area (Å²) in [6, 6.07) is 0. The molecule has 0 saturated carbocycles. The lowest BCUT2D eigenvalue weighted by Gasteiger charge is -2.16. The van der Waals surface area contributed by atoms with Crippen molar-refractivity contribution in [2.45, 2.75) is 52.4 Å². The Morgan fingerprint density at radius 2 is 1.78 bits per heavy atom. The average molecular weight is 260 g/mol. The van der Waals surface area contributed by atoms with Crippen LogP contribution in [0.5, 0.6) is 0 Å². The van der Waals surface area contributed by atoms with Gasteiger partial charge in [0.2, 0.25) is 5.28 Å². The largest absolute Gasteiger partial charge is 0.569 e. The Bertz CT molecular complexity index is 212. The van der Waals surface area contributed by atoms with Gasteiger partial charge in [-0.15, -0.1) is 5.01 Å². The van der Waals surface area contributed by atoms with E-state index < -0.39 is 0 Å². The lowest BCUT2D eigenvalue weighted by atomic mass is 10.2. The van der Waals surface area contributed by atoms with E-state index in [-0.39, 0.29) is 4.97 Å². The van der Waals surface area contributed by atoms with Crippen molar-refractivity contribution >= 4 is 0 Å². The summed E-state index contributed by atoms with van der Waals surface area (Å²) in [5.41, 5.74) is 0. The van der Waals surface area contributed by atoms with E-state index in [9.17, 15) is 5.21 Å². The van der Waals surface area contributed by atoms with Gasteiger partial charge in [0, 0.05) is 0 Å². The van der Waals surface area contributed by atoms with Gasteiger partial charge in [-0.1, -0.05) is 26.7 Å². The highest BCUT2D eigenvalue weighted by molar-refractivity contribution is 4.50. The summed E-state index contributed by atoms with van der Waals surface area (Å²) < 4.78 is 0. The molecule has 0 radical (unpaired) electrons. The zero-order chi connectivity index (χ0) is 13.6. The zero-order valence-electron chi connectivity index (χ0n) is 11.8. The molecule has 108 valence electrons. The van der Waals surface area contributed by atoms with E-state index in [1.165, 1.54) is 24.3 Å². The molecule has 0 heterocycles. The second kappa shape index (κ2) is 12.4. The zero-order valence-corrected chi connectivity index (χ0v) is 11.8. The van der Waals surface area contributed by atoms with Crippen molar-refractivity contribution in [2.75, 3.05) is 26.2 Å². The molecule has 0 rings (SSSR count). The summed E-state index contributed by atoms with van der Waals surface area (Å²) >= 11 is 0. The summed E-state index contributed by atoms with van der Waals surface area (Å²) in [6.07, 6.45) is 6.46. The molecule has 0 bridgehead atoms. The van der Waals surface area contributed by atoms with E-state index in [1.54, 1.807) is 0 Å². The monoisotopic (exact) mass is 260 g/mol. The first-order valence-electron chi connectivity index (χ1n) is 7.04. The van der Waals surface area contributed by atoms with Crippen molar-refractivity contribution in [1.29, 1.82) is 0 Å². The standard InChI is InChI=1S/C12H28N4O2/c1-3-9-13-10-7-5-6-8-12-15(11-4-2)16(18)14-17/h13,17H,3-12H2,1-2H3/b16-14-. The molecule has 18 heavy (non-hydrogen) atoms. The third-order valence-corrected chi connectivity index (χ3v) is 2.75.